The minimum atomic E-state index is -0.818. The average molecular weight is 264 g/mol. The van der Waals surface area contributed by atoms with Gasteiger partial charge < -0.3 is 15.1 Å². The molecular formula is C11H18ClNO4. The van der Waals surface area contributed by atoms with Crippen LogP contribution in [0, 0.1) is 11.3 Å². The number of carboxylic acid groups (broad SMARTS) is 2. The van der Waals surface area contributed by atoms with E-state index in [1.807, 2.05) is 4.90 Å². The molecule has 0 aromatic carbocycles. The highest BCUT2D eigenvalue weighted by Crippen LogP contribution is 2.48. The largest absolute Gasteiger partial charge is 0.481 e. The first kappa shape index (κ1) is 14.3. The molecule has 0 aromatic rings. The van der Waals surface area contributed by atoms with Crippen molar-refractivity contribution in [2.45, 2.75) is 25.7 Å². The lowest BCUT2D eigenvalue weighted by molar-refractivity contribution is -0.149. The van der Waals surface area contributed by atoms with Crippen molar-refractivity contribution in [2.24, 2.45) is 11.3 Å². The minimum absolute atomic E-state index is 0. The van der Waals surface area contributed by atoms with Crippen LogP contribution >= 0.6 is 12.4 Å². The molecule has 1 aliphatic heterocycles. The normalized spacial score (nSPS) is 31.9. The summed E-state index contributed by atoms with van der Waals surface area (Å²) in [6.45, 7) is 1.75. The molecular weight excluding hydrogens is 246 g/mol. The van der Waals surface area contributed by atoms with Gasteiger partial charge in [0.05, 0.1) is 11.8 Å². The first-order valence-electron chi connectivity index (χ1n) is 5.72. The fourth-order valence-electron chi connectivity index (χ4n) is 3.17. The van der Waals surface area contributed by atoms with Crippen LogP contribution in [0.1, 0.15) is 25.7 Å². The SMILES string of the molecule is Cl.O=C(O)CCN1C[C@@H]2CCC[C@@]2(C(=O)O)C1. The molecule has 2 fully saturated rings. The number of nitrogens with zero attached hydrogens (tertiary/aromatic N) is 1. The van der Waals surface area contributed by atoms with Gasteiger partial charge in [0.15, 0.2) is 0 Å². The number of aliphatic carboxylic acids is 2. The van der Waals surface area contributed by atoms with Crippen LogP contribution in [0.5, 0.6) is 0 Å². The molecule has 2 aliphatic rings. The molecule has 2 atom stereocenters. The first-order valence-corrected chi connectivity index (χ1v) is 5.72. The number of fused-ring (bicyclic) bond motifs is 1. The second-order valence-corrected chi connectivity index (χ2v) is 4.93. The van der Waals surface area contributed by atoms with E-state index in [4.69, 9.17) is 5.11 Å². The molecule has 0 unspecified atom stereocenters. The fraction of sp³-hybridized carbons (Fsp3) is 0.818. The highest BCUT2D eigenvalue weighted by atomic mass is 35.5. The highest BCUT2D eigenvalue weighted by molar-refractivity contribution is 5.85. The molecule has 0 aromatic heterocycles. The Balaban J connectivity index is 0.00000144. The lowest BCUT2D eigenvalue weighted by atomic mass is 9.81. The number of likely N-dealkylation sites (tertiary alicyclic amines) is 1. The van der Waals surface area contributed by atoms with Crippen molar-refractivity contribution in [1.82, 2.24) is 4.90 Å². The molecule has 6 heteroatoms. The summed E-state index contributed by atoms with van der Waals surface area (Å²) in [6, 6.07) is 0. The smallest absolute Gasteiger partial charge is 0.311 e. The zero-order chi connectivity index (χ0) is 11.8. The number of carboxylic acids is 2. The van der Waals surface area contributed by atoms with Gasteiger partial charge >= 0.3 is 11.9 Å². The number of halogens is 1. The molecule has 2 rings (SSSR count). The highest BCUT2D eigenvalue weighted by Gasteiger charge is 2.54. The summed E-state index contributed by atoms with van der Waals surface area (Å²) < 4.78 is 0. The first-order chi connectivity index (χ1) is 7.54. The van der Waals surface area contributed by atoms with Gasteiger partial charge in [0.1, 0.15) is 0 Å². The predicted octanol–water partition coefficient (Wildman–Crippen LogP) is 1.07. The van der Waals surface area contributed by atoms with Crippen molar-refractivity contribution in [3.63, 3.8) is 0 Å². The predicted molar refractivity (Wildman–Crippen MR) is 63.4 cm³/mol. The Bertz CT molecular complexity index is 323. The number of hydrogen-bond donors (Lipinski definition) is 2. The lowest BCUT2D eigenvalue weighted by Crippen LogP contribution is -2.36. The van der Waals surface area contributed by atoms with E-state index in [1.165, 1.54) is 0 Å². The average Bonchev–Trinajstić information content (AvgIpc) is 2.70. The second-order valence-electron chi connectivity index (χ2n) is 4.93. The third-order valence-corrected chi connectivity index (χ3v) is 4.01. The van der Waals surface area contributed by atoms with Gasteiger partial charge in [0, 0.05) is 19.6 Å². The maximum Gasteiger partial charge on any atom is 0.311 e. The van der Waals surface area contributed by atoms with Crippen molar-refractivity contribution >= 4 is 24.3 Å². The van der Waals surface area contributed by atoms with E-state index in [2.05, 4.69) is 0 Å². The van der Waals surface area contributed by atoms with Crippen LogP contribution in [0.15, 0.2) is 0 Å². The lowest BCUT2D eigenvalue weighted by Gasteiger charge is -2.23. The summed E-state index contributed by atoms with van der Waals surface area (Å²) in [7, 11) is 0. The third-order valence-electron chi connectivity index (χ3n) is 4.01. The Morgan fingerprint density at radius 2 is 2.06 bits per heavy atom. The van der Waals surface area contributed by atoms with Gasteiger partial charge in [-0.15, -0.1) is 12.4 Å². The molecule has 1 saturated carbocycles. The summed E-state index contributed by atoms with van der Waals surface area (Å²) in [5.41, 5.74) is -0.585. The third kappa shape index (κ3) is 2.55. The molecule has 0 bridgehead atoms. The van der Waals surface area contributed by atoms with Gasteiger partial charge in [0.2, 0.25) is 0 Å². The van der Waals surface area contributed by atoms with E-state index in [0.717, 1.165) is 25.8 Å². The van der Waals surface area contributed by atoms with E-state index >= 15 is 0 Å². The van der Waals surface area contributed by atoms with Crippen LogP contribution < -0.4 is 0 Å². The van der Waals surface area contributed by atoms with Crippen LogP contribution in [0.4, 0.5) is 0 Å². The van der Waals surface area contributed by atoms with Crippen molar-refractivity contribution in [3.8, 4) is 0 Å². The van der Waals surface area contributed by atoms with Gasteiger partial charge in [-0.1, -0.05) is 6.42 Å². The van der Waals surface area contributed by atoms with Crippen molar-refractivity contribution in [1.29, 1.82) is 0 Å². The topological polar surface area (TPSA) is 77.8 Å². The molecule has 2 N–H and O–H groups in total. The van der Waals surface area contributed by atoms with Crippen molar-refractivity contribution in [3.05, 3.63) is 0 Å². The molecule has 0 amide bonds. The molecule has 17 heavy (non-hydrogen) atoms. The molecule has 5 nitrogen and oxygen atoms in total. The van der Waals surface area contributed by atoms with Crippen LogP contribution in [-0.4, -0.2) is 46.7 Å². The van der Waals surface area contributed by atoms with E-state index in [-0.39, 0.29) is 24.7 Å². The van der Waals surface area contributed by atoms with E-state index < -0.39 is 17.4 Å². The monoisotopic (exact) mass is 263 g/mol. The van der Waals surface area contributed by atoms with Gasteiger partial charge in [-0.2, -0.15) is 0 Å². The number of hydrogen-bond acceptors (Lipinski definition) is 3. The molecule has 98 valence electrons. The standard InChI is InChI=1S/C11H17NO4.ClH/c13-9(14)3-5-12-6-8-2-1-4-11(8,7-12)10(15)16;/h8H,1-7H2,(H,13,14)(H,15,16);1H/t8-,11+;/m0./s1. The van der Waals surface area contributed by atoms with Gasteiger partial charge in [-0.3, -0.25) is 9.59 Å². The molecule has 0 spiro atoms. The summed E-state index contributed by atoms with van der Waals surface area (Å²) >= 11 is 0. The van der Waals surface area contributed by atoms with Crippen LogP contribution in [0.25, 0.3) is 0 Å². The Morgan fingerprint density at radius 1 is 1.35 bits per heavy atom. The van der Waals surface area contributed by atoms with E-state index in [9.17, 15) is 14.7 Å². The summed E-state index contributed by atoms with van der Waals surface area (Å²) in [6.07, 6.45) is 2.80. The van der Waals surface area contributed by atoms with Crippen molar-refractivity contribution in [2.75, 3.05) is 19.6 Å². The van der Waals surface area contributed by atoms with Crippen LogP contribution in [0.2, 0.25) is 0 Å². The molecule has 1 aliphatic carbocycles. The van der Waals surface area contributed by atoms with Crippen molar-refractivity contribution < 1.29 is 19.8 Å². The molecule has 1 heterocycles. The van der Waals surface area contributed by atoms with Crippen LogP contribution in [-0.2, 0) is 9.59 Å². The molecule has 1 saturated heterocycles. The quantitative estimate of drug-likeness (QED) is 0.793. The van der Waals surface area contributed by atoms with Gasteiger partial charge in [-0.25, -0.2) is 0 Å². The summed E-state index contributed by atoms with van der Waals surface area (Å²) in [5.74, 6) is -1.30. The Kier molecular flexibility index (Phi) is 4.38. The molecule has 0 radical (unpaired) electrons. The second kappa shape index (κ2) is 5.23. The zero-order valence-corrected chi connectivity index (χ0v) is 10.4. The van der Waals surface area contributed by atoms with Gasteiger partial charge in [0.25, 0.3) is 0 Å². The van der Waals surface area contributed by atoms with Gasteiger partial charge in [-0.05, 0) is 18.8 Å². The van der Waals surface area contributed by atoms with E-state index in [0.29, 0.717) is 13.1 Å². The maximum atomic E-state index is 11.3. The van der Waals surface area contributed by atoms with Crippen LogP contribution in [0.3, 0.4) is 0 Å². The Hall–Kier alpha value is -0.810. The Morgan fingerprint density at radius 3 is 2.59 bits per heavy atom. The maximum absolute atomic E-state index is 11.3. The number of carbonyl (C=O) groups is 2. The minimum Gasteiger partial charge on any atom is -0.481 e. The summed E-state index contributed by atoms with van der Waals surface area (Å²) in [4.78, 5) is 23.8. The zero-order valence-electron chi connectivity index (χ0n) is 9.59. The number of rotatable bonds is 4. The fourth-order valence-corrected chi connectivity index (χ4v) is 3.17. The summed E-state index contributed by atoms with van der Waals surface area (Å²) in [5, 5.41) is 17.9. The Labute approximate surface area is 106 Å². The van der Waals surface area contributed by atoms with E-state index in [1.54, 1.807) is 0 Å².